The molecule has 2 rings (SSSR count). The minimum absolute atomic E-state index is 0.311. The molecule has 1 N–H and O–H groups in total. The SMILES string of the molecule is CCc1nn(C)c(OC)c1CNc1ccnc(C(C)C)n1. The van der Waals surface area contributed by atoms with Gasteiger partial charge in [-0.1, -0.05) is 20.8 Å². The van der Waals surface area contributed by atoms with Crippen molar-refractivity contribution in [3.05, 3.63) is 29.3 Å². The maximum atomic E-state index is 5.44. The lowest BCUT2D eigenvalue weighted by molar-refractivity contribution is 0.369. The summed E-state index contributed by atoms with van der Waals surface area (Å²) in [5.74, 6) is 2.76. The summed E-state index contributed by atoms with van der Waals surface area (Å²) in [6.45, 7) is 6.89. The number of anilines is 1. The van der Waals surface area contributed by atoms with Crippen molar-refractivity contribution >= 4 is 5.82 Å². The van der Waals surface area contributed by atoms with E-state index in [-0.39, 0.29) is 0 Å². The molecule has 2 aromatic rings. The van der Waals surface area contributed by atoms with Gasteiger partial charge in [0.25, 0.3) is 0 Å². The first-order chi connectivity index (χ1) is 10.1. The lowest BCUT2D eigenvalue weighted by Crippen LogP contribution is -2.07. The Bertz CT molecular complexity index is 606. The number of aryl methyl sites for hydroxylation is 2. The van der Waals surface area contributed by atoms with Gasteiger partial charge in [0, 0.05) is 25.7 Å². The van der Waals surface area contributed by atoms with Gasteiger partial charge in [0.05, 0.1) is 18.4 Å². The van der Waals surface area contributed by atoms with Crippen molar-refractivity contribution in [1.29, 1.82) is 0 Å². The van der Waals surface area contributed by atoms with Crippen LogP contribution >= 0.6 is 0 Å². The van der Waals surface area contributed by atoms with Crippen LogP contribution in [0.15, 0.2) is 12.3 Å². The highest BCUT2D eigenvalue weighted by molar-refractivity contribution is 5.39. The van der Waals surface area contributed by atoms with Gasteiger partial charge in [-0.2, -0.15) is 5.10 Å². The number of ether oxygens (including phenoxy) is 1. The van der Waals surface area contributed by atoms with Crippen LogP contribution in [-0.2, 0) is 20.0 Å². The van der Waals surface area contributed by atoms with Crippen molar-refractivity contribution in [2.45, 2.75) is 39.7 Å². The molecule has 0 aromatic carbocycles. The number of hydrogen-bond acceptors (Lipinski definition) is 5. The van der Waals surface area contributed by atoms with Crippen LogP contribution < -0.4 is 10.1 Å². The fourth-order valence-corrected chi connectivity index (χ4v) is 2.25. The van der Waals surface area contributed by atoms with Crippen molar-refractivity contribution in [3.8, 4) is 5.88 Å². The molecule has 0 fully saturated rings. The molecule has 0 bridgehead atoms. The highest BCUT2D eigenvalue weighted by Gasteiger charge is 2.15. The molecule has 0 saturated carbocycles. The predicted molar refractivity (Wildman–Crippen MR) is 82.6 cm³/mol. The first-order valence-corrected chi connectivity index (χ1v) is 7.22. The molecular weight excluding hydrogens is 266 g/mol. The van der Waals surface area contributed by atoms with Crippen LogP contribution in [0.1, 0.15) is 43.8 Å². The Labute approximate surface area is 125 Å². The lowest BCUT2D eigenvalue weighted by Gasteiger charge is -2.10. The average molecular weight is 289 g/mol. The third kappa shape index (κ3) is 3.32. The molecular formula is C15H23N5O. The van der Waals surface area contributed by atoms with Gasteiger partial charge < -0.3 is 10.1 Å². The van der Waals surface area contributed by atoms with Crippen LogP contribution in [0.4, 0.5) is 5.82 Å². The molecule has 0 unspecified atom stereocenters. The third-order valence-electron chi connectivity index (χ3n) is 3.34. The second-order valence-corrected chi connectivity index (χ2v) is 5.22. The minimum atomic E-state index is 0.311. The molecule has 6 nitrogen and oxygen atoms in total. The van der Waals surface area contributed by atoms with Gasteiger partial charge in [-0.3, -0.25) is 0 Å². The minimum Gasteiger partial charge on any atom is -0.481 e. The standard InChI is InChI=1S/C15H23N5O/c1-6-12-11(15(21-5)20(4)19-12)9-17-13-7-8-16-14(18-13)10(2)3/h7-8,10H,6,9H2,1-5H3,(H,16,17,18). The maximum absolute atomic E-state index is 5.44. The molecule has 0 spiro atoms. The molecule has 6 heteroatoms. The quantitative estimate of drug-likeness (QED) is 0.885. The highest BCUT2D eigenvalue weighted by atomic mass is 16.5. The largest absolute Gasteiger partial charge is 0.481 e. The molecule has 0 aliphatic rings. The van der Waals surface area contributed by atoms with Gasteiger partial charge >= 0.3 is 0 Å². The Morgan fingerprint density at radius 2 is 2.14 bits per heavy atom. The Morgan fingerprint density at radius 1 is 1.38 bits per heavy atom. The summed E-state index contributed by atoms with van der Waals surface area (Å²) >= 11 is 0. The van der Waals surface area contributed by atoms with Crippen molar-refractivity contribution < 1.29 is 4.74 Å². The third-order valence-corrected chi connectivity index (χ3v) is 3.34. The first-order valence-electron chi connectivity index (χ1n) is 7.22. The van der Waals surface area contributed by atoms with Gasteiger partial charge in [-0.05, 0) is 12.5 Å². The van der Waals surface area contributed by atoms with E-state index in [9.17, 15) is 0 Å². The molecule has 0 aliphatic heterocycles. The van der Waals surface area contributed by atoms with Gasteiger partial charge in [-0.15, -0.1) is 0 Å². The van der Waals surface area contributed by atoms with Crippen LogP contribution in [0.3, 0.4) is 0 Å². The molecule has 21 heavy (non-hydrogen) atoms. The van der Waals surface area contributed by atoms with Crippen molar-refractivity contribution in [2.24, 2.45) is 7.05 Å². The Hall–Kier alpha value is -2.11. The summed E-state index contributed by atoms with van der Waals surface area (Å²) in [6.07, 6.45) is 2.65. The zero-order valence-electron chi connectivity index (χ0n) is 13.3. The van der Waals surface area contributed by atoms with E-state index in [0.29, 0.717) is 12.5 Å². The van der Waals surface area contributed by atoms with Crippen molar-refractivity contribution in [3.63, 3.8) is 0 Å². The molecule has 0 radical (unpaired) electrons. The van der Waals surface area contributed by atoms with Crippen LogP contribution in [0.2, 0.25) is 0 Å². The van der Waals surface area contributed by atoms with E-state index in [1.54, 1.807) is 18.0 Å². The lowest BCUT2D eigenvalue weighted by atomic mass is 10.2. The maximum Gasteiger partial charge on any atom is 0.216 e. The number of aromatic nitrogens is 4. The zero-order chi connectivity index (χ0) is 15.4. The smallest absolute Gasteiger partial charge is 0.216 e. The molecule has 114 valence electrons. The average Bonchev–Trinajstić information content (AvgIpc) is 2.80. The number of methoxy groups -OCH3 is 1. The highest BCUT2D eigenvalue weighted by Crippen LogP contribution is 2.23. The van der Waals surface area contributed by atoms with Crippen LogP contribution in [-0.4, -0.2) is 26.9 Å². The number of nitrogens with zero attached hydrogens (tertiary/aromatic N) is 4. The monoisotopic (exact) mass is 289 g/mol. The molecule has 0 saturated heterocycles. The topological polar surface area (TPSA) is 64.9 Å². The normalized spacial score (nSPS) is 11.0. The number of hydrogen-bond donors (Lipinski definition) is 1. The summed E-state index contributed by atoms with van der Waals surface area (Å²) in [5.41, 5.74) is 2.12. The summed E-state index contributed by atoms with van der Waals surface area (Å²) in [4.78, 5) is 8.79. The summed E-state index contributed by atoms with van der Waals surface area (Å²) in [6, 6.07) is 1.88. The fourth-order valence-electron chi connectivity index (χ4n) is 2.25. The second kappa shape index (κ2) is 6.56. The Kier molecular flexibility index (Phi) is 4.77. The fraction of sp³-hybridized carbons (Fsp3) is 0.533. The predicted octanol–water partition coefficient (Wildman–Crippen LogP) is 2.52. The summed E-state index contributed by atoms with van der Waals surface area (Å²) < 4.78 is 7.21. The molecule has 2 heterocycles. The first kappa shape index (κ1) is 15.3. The van der Waals surface area contributed by atoms with Gasteiger partial charge in [0.1, 0.15) is 11.6 Å². The van der Waals surface area contributed by atoms with Crippen LogP contribution in [0, 0.1) is 0 Å². The van der Waals surface area contributed by atoms with E-state index < -0.39 is 0 Å². The van der Waals surface area contributed by atoms with E-state index in [1.807, 2.05) is 13.1 Å². The second-order valence-electron chi connectivity index (χ2n) is 5.22. The Morgan fingerprint density at radius 3 is 2.76 bits per heavy atom. The number of rotatable bonds is 6. The van der Waals surface area contributed by atoms with E-state index in [2.05, 4.69) is 41.2 Å². The van der Waals surface area contributed by atoms with E-state index in [0.717, 1.165) is 35.2 Å². The summed E-state index contributed by atoms with van der Waals surface area (Å²) in [5, 5.41) is 7.81. The van der Waals surface area contributed by atoms with Crippen LogP contribution in [0.25, 0.3) is 0 Å². The molecule has 2 aromatic heterocycles. The Balaban J connectivity index is 2.18. The van der Waals surface area contributed by atoms with E-state index in [1.165, 1.54) is 0 Å². The molecule has 0 aliphatic carbocycles. The molecule has 0 atom stereocenters. The van der Waals surface area contributed by atoms with E-state index in [4.69, 9.17) is 4.74 Å². The van der Waals surface area contributed by atoms with E-state index >= 15 is 0 Å². The summed E-state index contributed by atoms with van der Waals surface area (Å²) in [7, 11) is 3.56. The van der Waals surface area contributed by atoms with Crippen LogP contribution in [0.5, 0.6) is 5.88 Å². The van der Waals surface area contributed by atoms with Crippen molar-refractivity contribution in [2.75, 3.05) is 12.4 Å². The molecule has 0 amide bonds. The van der Waals surface area contributed by atoms with Crippen molar-refractivity contribution in [1.82, 2.24) is 19.7 Å². The van der Waals surface area contributed by atoms with Gasteiger partial charge in [-0.25, -0.2) is 14.6 Å². The van der Waals surface area contributed by atoms with Gasteiger partial charge in [0.2, 0.25) is 5.88 Å². The zero-order valence-corrected chi connectivity index (χ0v) is 13.3. The number of nitrogens with one attached hydrogen (secondary N) is 1. The van der Waals surface area contributed by atoms with Gasteiger partial charge in [0.15, 0.2) is 0 Å².